The number of nitrogens with zero attached hydrogens (tertiary/aromatic N) is 2. The number of aryl methyl sites for hydroxylation is 1. The molecule has 56 valence electrons. The standard InChI is InChI=1S/C5H9N3OS/c1-10-3-2-4-7-5(6)8-9-4/h2-3H2,1H3,(H2,6,8). The van der Waals surface area contributed by atoms with Crippen LogP contribution in [-0.4, -0.2) is 22.1 Å². The zero-order chi connectivity index (χ0) is 7.40. The molecule has 0 aromatic carbocycles. The van der Waals surface area contributed by atoms with E-state index >= 15 is 0 Å². The summed E-state index contributed by atoms with van der Waals surface area (Å²) < 4.78 is 4.77. The second-order valence-electron chi connectivity index (χ2n) is 1.79. The molecule has 0 unspecified atom stereocenters. The SMILES string of the molecule is CSCCc1nc(N)no1. The van der Waals surface area contributed by atoms with Gasteiger partial charge in [0, 0.05) is 12.2 Å². The van der Waals surface area contributed by atoms with Gasteiger partial charge in [0.2, 0.25) is 5.89 Å². The summed E-state index contributed by atoms with van der Waals surface area (Å²) in [6, 6.07) is 0. The Kier molecular flexibility index (Phi) is 2.56. The van der Waals surface area contributed by atoms with Crippen molar-refractivity contribution < 1.29 is 4.52 Å². The van der Waals surface area contributed by atoms with Gasteiger partial charge in [-0.1, -0.05) is 0 Å². The number of anilines is 1. The molecule has 0 saturated heterocycles. The third-order valence-electron chi connectivity index (χ3n) is 1.00. The molecule has 4 nitrogen and oxygen atoms in total. The quantitative estimate of drug-likeness (QED) is 0.698. The molecule has 0 aliphatic rings. The molecule has 1 aromatic heterocycles. The topological polar surface area (TPSA) is 64.9 Å². The van der Waals surface area contributed by atoms with Gasteiger partial charge in [0.25, 0.3) is 5.95 Å². The minimum absolute atomic E-state index is 0.219. The Bertz CT molecular complexity index is 201. The Labute approximate surface area is 63.2 Å². The highest BCUT2D eigenvalue weighted by molar-refractivity contribution is 7.98. The summed E-state index contributed by atoms with van der Waals surface area (Å²) in [5.41, 5.74) is 5.23. The predicted octanol–water partition coefficient (Wildman–Crippen LogP) is 0.557. The molecule has 10 heavy (non-hydrogen) atoms. The number of hydrogen-bond donors (Lipinski definition) is 1. The first-order valence-electron chi connectivity index (χ1n) is 2.90. The van der Waals surface area contributed by atoms with Crippen LogP contribution in [0.5, 0.6) is 0 Å². The Balaban J connectivity index is 2.42. The van der Waals surface area contributed by atoms with Crippen LogP contribution in [0.25, 0.3) is 0 Å². The zero-order valence-corrected chi connectivity index (χ0v) is 6.52. The van der Waals surface area contributed by atoms with Gasteiger partial charge in [0.05, 0.1) is 0 Å². The normalized spacial score (nSPS) is 10.1. The second-order valence-corrected chi connectivity index (χ2v) is 2.77. The first-order valence-corrected chi connectivity index (χ1v) is 4.29. The Morgan fingerprint density at radius 2 is 2.50 bits per heavy atom. The maximum Gasteiger partial charge on any atom is 0.260 e. The van der Waals surface area contributed by atoms with Crippen LogP contribution in [0, 0.1) is 0 Å². The van der Waals surface area contributed by atoms with Crippen molar-refractivity contribution in [3.63, 3.8) is 0 Å². The number of thioether (sulfide) groups is 1. The Morgan fingerprint density at radius 1 is 1.70 bits per heavy atom. The van der Waals surface area contributed by atoms with Crippen LogP contribution in [0.3, 0.4) is 0 Å². The summed E-state index contributed by atoms with van der Waals surface area (Å²) >= 11 is 1.74. The third-order valence-corrected chi connectivity index (χ3v) is 1.62. The van der Waals surface area contributed by atoms with Crippen molar-refractivity contribution >= 4 is 17.7 Å². The van der Waals surface area contributed by atoms with E-state index in [9.17, 15) is 0 Å². The molecule has 0 bridgehead atoms. The Morgan fingerprint density at radius 3 is 3.00 bits per heavy atom. The van der Waals surface area contributed by atoms with Crippen molar-refractivity contribution in [3.05, 3.63) is 5.89 Å². The first kappa shape index (κ1) is 7.40. The molecule has 0 atom stereocenters. The molecule has 0 saturated carbocycles. The van der Waals surface area contributed by atoms with E-state index in [4.69, 9.17) is 10.3 Å². The molecule has 0 amide bonds. The van der Waals surface area contributed by atoms with Gasteiger partial charge in [0.15, 0.2) is 0 Å². The third kappa shape index (κ3) is 1.91. The van der Waals surface area contributed by atoms with E-state index in [0.29, 0.717) is 5.89 Å². The molecule has 1 rings (SSSR count). The van der Waals surface area contributed by atoms with Crippen LogP contribution in [0.2, 0.25) is 0 Å². The number of hydrogen-bond acceptors (Lipinski definition) is 5. The number of rotatable bonds is 3. The fraction of sp³-hybridized carbons (Fsp3) is 0.600. The number of nitrogens with two attached hydrogens (primary N) is 1. The van der Waals surface area contributed by atoms with E-state index in [1.165, 1.54) is 0 Å². The molecular weight excluding hydrogens is 150 g/mol. The summed E-state index contributed by atoms with van der Waals surface area (Å²) in [6.45, 7) is 0. The summed E-state index contributed by atoms with van der Waals surface area (Å²) in [5, 5.41) is 3.45. The van der Waals surface area contributed by atoms with Crippen molar-refractivity contribution in [2.45, 2.75) is 6.42 Å². The predicted molar refractivity (Wildman–Crippen MR) is 40.8 cm³/mol. The van der Waals surface area contributed by atoms with Crippen LogP contribution >= 0.6 is 11.8 Å². The molecule has 1 heterocycles. The lowest BCUT2D eigenvalue weighted by Gasteiger charge is -1.87. The maximum atomic E-state index is 5.23. The van der Waals surface area contributed by atoms with Crippen molar-refractivity contribution in [2.24, 2.45) is 0 Å². The summed E-state index contributed by atoms with van der Waals surface area (Å²) in [4.78, 5) is 3.83. The van der Waals surface area contributed by atoms with Gasteiger partial charge in [-0.15, -0.1) is 0 Å². The van der Waals surface area contributed by atoms with Crippen LogP contribution in [0.15, 0.2) is 4.52 Å². The fourth-order valence-corrected chi connectivity index (χ4v) is 0.938. The molecule has 2 N–H and O–H groups in total. The van der Waals surface area contributed by atoms with Gasteiger partial charge >= 0.3 is 0 Å². The monoisotopic (exact) mass is 159 g/mol. The van der Waals surface area contributed by atoms with E-state index in [-0.39, 0.29) is 5.95 Å². The Hall–Kier alpha value is -0.710. The lowest BCUT2D eigenvalue weighted by Crippen LogP contribution is -1.89. The second kappa shape index (κ2) is 3.46. The van der Waals surface area contributed by atoms with Gasteiger partial charge in [-0.05, 0) is 11.4 Å². The van der Waals surface area contributed by atoms with Gasteiger partial charge in [-0.2, -0.15) is 16.7 Å². The molecule has 0 aliphatic carbocycles. The van der Waals surface area contributed by atoms with Gasteiger partial charge in [0.1, 0.15) is 0 Å². The molecule has 0 aliphatic heterocycles. The molecule has 0 radical (unpaired) electrons. The summed E-state index contributed by atoms with van der Waals surface area (Å²) in [5.74, 6) is 1.82. The van der Waals surface area contributed by atoms with Crippen molar-refractivity contribution in [3.8, 4) is 0 Å². The van der Waals surface area contributed by atoms with Gasteiger partial charge < -0.3 is 10.3 Å². The van der Waals surface area contributed by atoms with Crippen LogP contribution in [0.4, 0.5) is 5.95 Å². The largest absolute Gasteiger partial charge is 0.365 e. The van der Waals surface area contributed by atoms with Gasteiger partial charge in [-0.25, -0.2) is 0 Å². The van der Waals surface area contributed by atoms with Crippen LogP contribution < -0.4 is 5.73 Å². The molecule has 0 spiro atoms. The minimum Gasteiger partial charge on any atom is -0.365 e. The molecule has 5 heteroatoms. The zero-order valence-electron chi connectivity index (χ0n) is 5.70. The number of aromatic nitrogens is 2. The highest BCUT2D eigenvalue weighted by atomic mass is 32.2. The van der Waals surface area contributed by atoms with E-state index in [0.717, 1.165) is 12.2 Å². The van der Waals surface area contributed by atoms with Crippen molar-refractivity contribution in [1.29, 1.82) is 0 Å². The van der Waals surface area contributed by atoms with E-state index in [2.05, 4.69) is 10.1 Å². The molecule has 1 aromatic rings. The number of nitrogen functional groups attached to an aromatic ring is 1. The van der Waals surface area contributed by atoms with E-state index < -0.39 is 0 Å². The molecular formula is C5H9N3OS. The van der Waals surface area contributed by atoms with Crippen LogP contribution in [-0.2, 0) is 6.42 Å². The lowest BCUT2D eigenvalue weighted by molar-refractivity contribution is 0.384. The molecule has 0 fully saturated rings. The average Bonchev–Trinajstić information content (AvgIpc) is 2.31. The van der Waals surface area contributed by atoms with Crippen molar-refractivity contribution in [2.75, 3.05) is 17.7 Å². The van der Waals surface area contributed by atoms with Crippen LogP contribution in [0.1, 0.15) is 5.89 Å². The maximum absolute atomic E-state index is 5.23. The smallest absolute Gasteiger partial charge is 0.260 e. The average molecular weight is 159 g/mol. The summed E-state index contributed by atoms with van der Waals surface area (Å²) in [7, 11) is 0. The first-order chi connectivity index (χ1) is 4.83. The van der Waals surface area contributed by atoms with E-state index in [1.54, 1.807) is 11.8 Å². The lowest BCUT2D eigenvalue weighted by atomic mass is 10.5. The highest BCUT2D eigenvalue weighted by Crippen LogP contribution is 2.02. The minimum atomic E-state index is 0.219. The van der Waals surface area contributed by atoms with Crippen molar-refractivity contribution in [1.82, 2.24) is 10.1 Å². The fourth-order valence-electron chi connectivity index (χ4n) is 0.559. The van der Waals surface area contributed by atoms with Gasteiger partial charge in [-0.3, -0.25) is 0 Å². The summed E-state index contributed by atoms with van der Waals surface area (Å²) in [6.07, 6.45) is 2.82. The highest BCUT2D eigenvalue weighted by Gasteiger charge is 2.00. The van der Waals surface area contributed by atoms with E-state index in [1.807, 2.05) is 6.26 Å².